The molecule has 0 saturated heterocycles. The van der Waals surface area contributed by atoms with Gasteiger partial charge in [0.25, 0.3) is 5.56 Å². The number of aromatic nitrogens is 2. The number of rotatable bonds is 8. The van der Waals surface area contributed by atoms with Gasteiger partial charge in [-0.05, 0) is 65.0 Å². The van der Waals surface area contributed by atoms with E-state index in [1.54, 1.807) is 12.3 Å². The Morgan fingerprint density at radius 3 is 2.47 bits per heavy atom. The number of hydrogen-bond donors (Lipinski definition) is 0. The van der Waals surface area contributed by atoms with E-state index in [0.717, 1.165) is 20.9 Å². The third kappa shape index (κ3) is 6.27. The highest BCUT2D eigenvalue weighted by molar-refractivity contribution is 9.10. The van der Waals surface area contributed by atoms with Crippen LogP contribution in [0, 0.1) is 5.41 Å². The van der Waals surface area contributed by atoms with Crippen LogP contribution in [0.4, 0.5) is 0 Å². The van der Waals surface area contributed by atoms with E-state index in [2.05, 4.69) is 64.7 Å². The molecule has 6 nitrogen and oxygen atoms in total. The standard InChI is InChI=1S/C26H31Br2N3O3/c1-7-16(3)24-30-21-10-9-18(27)12-19(21)25(32)31(24)29-14-17-11-22(33-8-2)23(13-20(17)28)34-15-26(4,5)6/h9-14,16H,7-8,15H2,1-6H3/t16-/m1/s1. The van der Waals surface area contributed by atoms with Crippen LogP contribution < -0.4 is 15.0 Å². The highest BCUT2D eigenvalue weighted by Crippen LogP contribution is 2.34. The molecule has 0 aliphatic heterocycles. The van der Waals surface area contributed by atoms with Crippen LogP contribution in [0.3, 0.4) is 0 Å². The second-order valence-corrected chi connectivity index (χ2v) is 11.2. The molecule has 2 aromatic carbocycles. The summed E-state index contributed by atoms with van der Waals surface area (Å²) >= 11 is 7.06. The zero-order valence-corrected chi connectivity index (χ0v) is 23.7. The van der Waals surface area contributed by atoms with Crippen LogP contribution in [-0.4, -0.2) is 29.1 Å². The lowest BCUT2D eigenvalue weighted by molar-refractivity contribution is 0.188. The second-order valence-electron chi connectivity index (χ2n) is 9.41. The van der Waals surface area contributed by atoms with Gasteiger partial charge in [0.15, 0.2) is 11.5 Å². The zero-order valence-electron chi connectivity index (χ0n) is 20.5. The second kappa shape index (κ2) is 11.0. The first kappa shape index (κ1) is 26.4. The topological polar surface area (TPSA) is 65.7 Å². The molecule has 1 aromatic heterocycles. The Morgan fingerprint density at radius 1 is 1.12 bits per heavy atom. The van der Waals surface area contributed by atoms with Gasteiger partial charge in [-0.3, -0.25) is 4.79 Å². The van der Waals surface area contributed by atoms with Crippen molar-refractivity contribution in [1.29, 1.82) is 0 Å². The lowest BCUT2D eigenvalue weighted by atomic mass is 9.99. The van der Waals surface area contributed by atoms with E-state index in [4.69, 9.17) is 14.5 Å². The van der Waals surface area contributed by atoms with Crippen molar-refractivity contribution >= 4 is 49.0 Å². The van der Waals surface area contributed by atoms with Crippen molar-refractivity contribution in [1.82, 2.24) is 9.66 Å². The maximum absolute atomic E-state index is 13.4. The fourth-order valence-corrected chi connectivity index (χ4v) is 4.01. The van der Waals surface area contributed by atoms with Gasteiger partial charge < -0.3 is 9.47 Å². The Morgan fingerprint density at radius 2 is 1.82 bits per heavy atom. The minimum Gasteiger partial charge on any atom is -0.490 e. The molecule has 1 heterocycles. The van der Waals surface area contributed by atoms with Crippen LogP contribution in [0.1, 0.15) is 65.3 Å². The molecule has 3 aromatic rings. The van der Waals surface area contributed by atoms with Crippen LogP contribution in [0.5, 0.6) is 11.5 Å². The molecular weight excluding hydrogens is 562 g/mol. The van der Waals surface area contributed by atoms with E-state index < -0.39 is 0 Å². The minimum atomic E-state index is -0.205. The molecule has 0 aliphatic carbocycles. The normalized spacial score (nSPS) is 12.9. The van der Waals surface area contributed by atoms with Gasteiger partial charge in [-0.25, -0.2) is 4.98 Å². The molecule has 0 radical (unpaired) electrons. The van der Waals surface area contributed by atoms with Crippen LogP contribution in [0.25, 0.3) is 10.9 Å². The van der Waals surface area contributed by atoms with Gasteiger partial charge in [0, 0.05) is 20.4 Å². The first-order valence-electron chi connectivity index (χ1n) is 11.4. The fraction of sp³-hybridized carbons (Fsp3) is 0.423. The molecule has 0 bridgehead atoms. The van der Waals surface area contributed by atoms with Crippen molar-refractivity contribution in [2.75, 3.05) is 13.2 Å². The lowest BCUT2D eigenvalue weighted by Crippen LogP contribution is -2.23. The van der Waals surface area contributed by atoms with Gasteiger partial charge >= 0.3 is 0 Å². The quantitative estimate of drug-likeness (QED) is 0.261. The number of nitrogens with zero attached hydrogens (tertiary/aromatic N) is 3. The summed E-state index contributed by atoms with van der Waals surface area (Å²) in [7, 11) is 0. The summed E-state index contributed by atoms with van der Waals surface area (Å²) in [6.07, 6.45) is 2.49. The first-order chi connectivity index (χ1) is 16.0. The molecule has 0 unspecified atom stereocenters. The van der Waals surface area contributed by atoms with E-state index in [0.29, 0.717) is 41.4 Å². The number of hydrogen-bond acceptors (Lipinski definition) is 5. The lowest BCUT2D eigenvalue weighted by Gasteiger charge is -2.21. The van der Waals surface area contributed by atoms with Crippen molar-refractivity contribution in [3.63, 3.8) is 0 Å². The summed E-state index contributed by atoms with van der Waals surface area (Å²) < 4.78 is 14.9. The third-order valence-electron chi connectivity index (χ3n) is 5.22. The average Bonchev–Trinajstić information content (AvgIpc) is 2.78. The van der Waals surface area contributed by atoms with Crippen molar-refractivity contribution in [3.05, 3.63) is 61.0 Å². The van der Waals surface area contributed by atoms with Crippen molar-refractivity contribution in [3.8, 4) is 11.5 Å². The Hall–Kier alpha value is -2.19. The highest BCUT2D eigenvalue weighted by atomic mass is 79.9. The zero-order chi connectivity index (χ0) is 25.0. The Kier molecular flexibility index (Phi) is 8.57. The van der Waals surface area contributed by atoms with Gasteiger partial charge in [0.05, 0.1) is 30.3 Å². The van der Waals surface area contributed by atoms with Crippen molar-refractivity contribution in [2.45, 2.75) is 53.9 Å². The molecular formula is C26H31Br2N3O3. The molecule has 0 aliphatic rings. The molecule has 1 atom stereocenters. The van der Waals surface area contributed by atoms with E-state index in [9.17, 15) is 4.79 Å². The summed E-state index contributed by atoms with van der Waals surface area (Å²) in [6.45, 7) is 13.5. The van der Waals surface area contributed by atoms with Gasteiger partial charge in [-0.2, -0.15) is 9.78 Å². The summed E-state index contributed by atoms with van der Waals surface area (Å²) in [6, 6.07) is 9.27. The van der Waals surface area contributed by atoms with E-state index in [1.165, 1.54) is 4.68 Å². The van der Waals surface area contributed by atoms with Crippen LogP contribution >= 0.6 is 31.9 Å². The SMILES string of the molecule is CCOc1cc(C=Nn2c([C@H](C)CC)nc3ccc(Br)cc3c2=O)c(Br)cc1OCC(C)(C)C. The number of fused-ring (bicyclic) bond motifs is 1. The Balaban J connectivity index is 2.09. The van der Waals surface area contributed by atoms with Crippen molar-refractivity contribution in [2.24, 2.45) is 10.5 Å². The average molecular weight is 593 g/mol. The molecule has 34 heavy (non-hydrogen) atoms. The van der Waals surface area contributed by atoms with Gasteiger partial charge in [-0.15, -0.1) is 0 Å². The summed E-state index contributed by atoms with van der Waals surface area (Å²) in [4.78, 5) is 18.1. The summed E-state index contributed by atoms with van der Waals surface area (Å²) in [5.74, 6) is 1.99. The largest absolute Gasteiger partial charge is 0.490 e. The molecule has 8 heteroatoms. The predicted molar refractivity (Wildman–Crippen MR) is 146 cm³/mol. The molecule has 0 saturated carbocycles. The smallest absolute Gasteiger partial charge is 0.282 e. The van der Waals surface area contributed by atoms with Crippen LogP contribution in [-0.2, 0) is 0 Å². The molecule has 0 amide bonds. The Bertz CT molecular complexity index is 1260. The summed E-state index contributed by atoms with van der Waals surface area (Å²) in [5, 5.41) is 5.09. The molecule has 0 spiro atoms. The number of benzene rings is 2. The summed E-state index contributed by atoms with van der Waals surface area (Å²) in [5.41, 5.74) is 1.24. The highest BCUT2D eigenvalue weighted by Gasteiger charge is 2.17. The Labute approximate surface area is 217 Å². The van der Waals surface area contributed by atoms with E-state index in [1.807, 2.05) is 38.1 Å². The van der Waals surface area contributed by atoms with Gasteiger partial charge in [0.1, 0.15) is 5.82 Å². The van der Waals surface area contributed by atoms with Crippen LogP contribution in [0.2, 0.25) is 0 Å². The van der Waals surface area contributed by atoms with Gasteiger partial charge in [-0.1, -0.05) is 50.5 Å². The van der Waals surface area contributed by atoms with E-state index in [-0.39, 0.29) is 16.9 Å². The van der Waals surface area contributed by atoms with Gasteiger partial charge in [0.2, 0.25) is 0 Å². The monoisotopic (exact) mass is 591 g/mol. The number of halogens is 2. The maximum atomic E-state index is 13.4. The third-order valence-corrected chi connectivity index (χ3v) is 6.40. The molecule has 182 valence electrons. The molecule has 3 rings (SSSR count). The molecule has 0 fully saturated rings. The van der Waals surface area contributed by atoms with E-state index >= 15 is 0 Å². The minimum absolute atomic E-state index is 0.0156. The maximum Gasteiger partial charge on any atom is 0.282 e. The first-order valence-corrected chi connectivity index (χ1v) is 13.0. The predicted octanol–water partition coefficient (Wildman–Crippen LogP) is 7.14. The van der Waals surface area contributed by atoms with Crippen LogP contribution in [0.15, 0.2) is 49.2 Å². The fourth-order valence-electron chi connectivity index (χ4n) is 3.22. The molecule has 0 N–H and O–H groups in total. The number of ether oxygens (including phenoxy) is 2. The van der Waals surface area contributed by atoms with Crippen molar-refractivity contribution < 1.29 is 9.47 Å².